The number of ether oxygens (including phenoxy) is 2. The van der Waals surface area contributed by atoms with E-state index in [-0.39, 0.29) is 13.0 Å². The molecule has 58 heavy (non-hydrogen) atoms. The van der Waals surface area contributed by atoms with Crippen molar-refractivity contribution in [2.24, 2.45) is 5.73 Å². The number of hydrogen-bond acceptors (Lipinski definition) is 8. The Morgan fingerprint density at radius 2 is 1.00 bits per heavy atom. The number of aliphatic carboxylic acids is 1. The van der Waals surface area contributed by atoms with Gasteiger partial charge in [0.2, 0.25) is 0 Å². The van der Waals surface area contributed by atoms with Crippen molar-refractivity contribution in [3.63, 3.8) is 0 Å². The maximum atomic E-state index is 12.6. The van der Waals surface area contributed by atoms with E-state index in [1.165, 1.54) is 116 Å². The van der Waals surface area contributed by atoms with Crippen LogP contribution in [0.15, 0.2) is 48.6 Å². The smallest absolute Gasteiger partial charge is 0.472 e. The maximum absolute atomic E-state index is 12.6. The highest BCUT2D eigenvalue weighted by atomic mass is 31.2. The van der Waals surface area contributed by atoms with Crippen molar-refractivity contribution in [3.05, 3.63) is 48.6 Å². The molecule has 0 spiro atoms. The van der Waals surface area contributed by atoms with Gasteiger partial charge in [0.25, 0.3) is 0 Å². The summed E-state index contributed by atoms with van der Waals surface area (Å²) in [6, 6.07) is -1.47. The van der Waals surface area contributed by atoms with Crippen molar-refractivity contribution in [1.82, 2.24) is 0 Å². The van der Waals surface area contributed by atoms with Crippen molar-refractivity contribution in [2.75, 3.05) is 26.4 Å². The quantitative estimate of drug-likeness (QED) is 0.0234. The van der Waals surface area contributed by atoms with Gasteiger partial charge >= 0.3 is 19.8 Å². The van der Waals surface area contributed by atoms with Crippen LogP contribution >= 0.6 is 7.82 Å². The van der Waals surface area contributed by atoms with Gasteiger partial charge in [-0.15, -0.1) is 0 Å². The Kier molecular flexibility index (Phi) is 41.5. The van der Waals surface area contributed by atoms with Gasteiger partial charge < -0.3 is 25.2 Å². The number of esters is 1. The predicted molar refractivity (Wildman–Crippen MR) is 240 cm³/mol. The van der Waals surface area contributed by atoms with Crippen molar-refractivity contribution >= 4 is 19.8 Å². The van der Waals surface area contributed by atoms with Gasteiger partial charge in [-0.3, -0.25) is 18.6 Å². The third-order valence-corrected chi connectivity index (χ3v) is 10.8. The molecule has 0 aromatic rings. The molecule has 0 bridgehead atoms. The van der Waals surface area contributed by atoms with E-state index < -0.39 is 45.1 Å². The van der Waals surface area contributed by atoms with Crippen LogP contribution in [0.1, 0.15) is 200 Å². The van der Waals surface area contributed by atoms with Crippen LogP contribution in [0, 0.1) is 0 Å². The van der Waals surface area contributed by atoms with Crippen molar-refractivity contribution in [1.29, 1.82) is 0 Å². The molecule has 0 aliphatic rings. The average molecular weight is 840 g/mol. The number of phosphoric ester groups is 1. The summed E-state index contributed by atoms with van der Waals surface area (Å²) >= 11 is 0. The summed E-state index contributed by atoms with van der Waals surface area (Å²) < 4.78 is 33.4. The lowest BCUT2D eigenvalue weighted by atomic mass is 10.0. The normalized spacial score (nSPS) is 14.3. The van der Waals surface area contributed by atoms with E-state index in [9.17, 15) is 19.0 Å². The summed E-state index contributed by atoms with van der Waals surface area (Å²) in [5.41, 5.74) is 5.36. The molecule has 0 rings (SSSR count). The molecule has 0 radical (unpaired) electrons. The summed E-state index contributed by atoms with van der Waals surface area (Å²) in [6.45, 7) is 3.77. The van der Waals surface area contributed by atoms with E-state index in [2.05, 4.69) is 62.5 Å². The van der Waals surface area contributed by atoms with E-state index in [1.54, 1.807) is 0 Å². The molecule has 3 atom stereocenters. The second-order valence-corrected chi connectivity index (χ2v) is 17.0. The van der Waals surface area contributed by atoms with E-state index in [4.69, 9.17) is 29.4 Å². The number of carbonyl (C=O) groups is 2. The Hall–Kier alpha value is -2.07. The SMILES string of the molecule is CC/C=C\C/C=C\C/C=C\C/C=C\CCCCCCCCCCCCCOCC(COP(=O)(O)OCC(N)C(=O)O)OC(=O)CCCCCCCCCCCCCC. The predicted octanol–water partition coefficient (Wildman–Crippen LogP) is 13.0. The molecule has 11 heteroatoms. The highest BCUT2D eigenvalue weighted by Crippen LogP contribution is 2.43. The van der Waals surface area contributed by atoms with E-state index in [1.807, 2.05) is 0 Å². The lowest BCUT2D eigenvalue weighted by Crippen LogP contribution is -2.34. The van der Waals surface area contributed by atoms with Gasteiger partial charge in [-0.1, -0.05) is 191 Å². The fraction of sp³-hybridized carbons (Fsp3) is 0.787. The van der Waals surface area contributed by atoms with Crippen LogP contribution in [-0.4, -0.2) is 60.5 Å². The molecule has 338 valence electrons. The van der Waals surface area contributed by atoms with Crippen LogP contribution in [0.2, 0.25) is 0 Å². The van der Waals surface area contributed by atoms with Gasteiger partial charge in [0.1, 0.15) is 12.1 Å². The molecule has 10 nitrogen and oxygen atoms in total. The van der Waals surface area contributed by atoms with Crippen molar-refractivity contribution < 1.29 is 42.7 Å². The van der Waals surface area contributed by atoms with Crippen LogP contribution in [0.4, 0.5) is 0 Å². The first-order valence-corrected chi connectivity index (χ1v) is 24.7. The van der Waals surface area contributed by atoms with Gasteiger partial charge in [-0.2, -0.15) is 0 Å². The van der Waals surface area contributed by atoms with E-state index in [0.717, 1.165) is 57.8 Å². The van der Waals surface area contributed by atoms with Crippen LogP contribution in [0.5, 0.6) is 0 Å². The van der Waals surface area contributed by atoms with Crippen LogP contribution in [-0.2, 0) is 32.7 Å². The van der Waals surface area contributed by atoms with E-state index in [0.29, 0.717) is 13.0 Å². The fourth-order valence-electron chi connectivity index (χ4n) is 6.30. The Balaban J connectivity index is 4.11. The molecule has 0 saturated carbocycles. The first kappa shape index (κ1) is 55.9. The minimum Gasteiger partial charge on any atom is -0.480 e. The molecule has 0 heterocycles. The van der Waals surface area contributed by atoms with Gasteiger partial charge in [-0.25, -0.2) is 4.57 Å². The first-order valence-electron chi connectivity index (χ1n) is 23.2. The van der Waals surface area contributed by atoms with Crippen LogP contribution in [0.25, 0.3) is 0 Å². The standard InChI is InChI=1S/C47H86NO9P/c1-3-5-7-9-11-13-15-17-18-19-20-21-22-23-24-25-26-27-28-30-32-34-36-38-40-54-41-44(42-55-58(52,53)56-43-45(48)47(50)51)57-46(49)39-37-35-33-31-29-16-14-12-10-8-6-4-2/h5,7,11,13,17-18,20-21,44-45H,3-4,6,8-10,12,14-16,19,22-43,48H2,1-2H3,(H,50,51)(H,52,53)/b7-5-,13-11-,18-17-,21-20-. The molecular weight excluding hydrogens is 753 g/mol. The molecule has 0 aromatic carbocycles. The Morgan fingerprint density at radius 3 is 1.50 bits per heavy atom. The van der Waals surface area contributed by atoms with Crippen LogP contribution < -0.4 is 5.73 Å². The highest BCUT2D eigenvalue weighted by molar-refractivity contribution is 7.47. The molecule has 0 amide bonds. The molecule has 0 fully saturated rings. The third kappa shape index (κ3) is 42.1. The van der Waals surface area contributed by atoms with Gasteiger partial charge in [0.15, 0.2) is 0 Å². The zero-order chi connectivity index (χ0) is 42.6. The number of carbonyl (C=O) groups excluding carboxylic acids is 1. The third-order valence-electron chi connectivity index (χ3n) is 9.87. The largest absolute Gasteiger partial charge is 0.480 e. The lowest BCUT2D eigenvalue weighted by Gasteiger charge is -2.20. The number of phosphoric acid groups is 1. The maximum Gasteiger partial charge on any atom is 0.472 e. The molecule has 0 aliphatic heterocycles. The summed E-state index contributed by atoms with van der Waals surface area (Å²) in [4.78, 5) is 33.5. The Morgan fingerprint density at radius 1 is 0.569 bits per heavy atom. The zero-order valence-corrected chi connectivity index (χ0v) is 37.8. The Bertz CT molecular complexity index is 1110. The number of carboxylic acid groups (broad SMARTS) is 1. The average Bonchev–Trinajstić information content (AvgIpc) is 3.20. The molecular formula is C47H86NO9P. The molecule has 0 aliphatic carbocycles. The van der Waals surface area contributed by atoms with Gasteiger partial charge in [-0.05, 0) is 51.4 Å². The summed E-state index contributed by atoms with van der Waals surface area (Å²) in [7, 11) is -4.62. The summed E-state index contributed by atoms with van der Waals surface area (Å²) in [5, 5.41) is 8.90. The summed E-state index contributed by atoms with van der Waals surface area (Å²) in [6.07, 6.45) is 50.2. The van der Waals surface area contributed by atoms with E-state index >= 15 is 0 Å². The first-order chi connectivity index (χ1) is 28.2. The number of nitrogens with two attached hydrogens (primary N) is 1. The molecule has 0 aromatic heterocycles. The number of hydrogen-bond donors (Lipinski definition) is 3. The topological polar surface area (TPSA) is 155 Å². The second-order valence-electron chi connectivity index (χ2n) is 15.5. The minimum atomic E-state index is -4.62. The van der Waals surface area contributed by atoms with Gasteiger partial charge in [0, 0.05) is 13.0 Å². The zero-order valence-electron chi connectivity index (χ0n) is 36.9. The monoisotopic (exact) mass is 840 g/mol. The number of rotatable bonds is 44. The molecule has 3 unspecified atom stereocenters. The van der Waals surface area contributed by atoms with Crippen LogP contribution in [0.3, 0.4) is 0 Å². The number of carboxylic acids is 1. The minimum absolute atomic E-state index is 0.0161. The second kappa shape index (κ2) is 43.0. The van der Waals surface area contributed by atoms with Crippen molar-refractivity contribution in [3.8, 4) is 0 Å². The van der Waals surface area contributed by atoms with Gasteiger partial charge in [0.05, 0.1) is 19.8 Å². The lowest BCUT2D eigenvalue weighted by molar-refractivity contribution is -0.154. The molecule has 0 saturated heterocycles. The molecule has 4 N–H and O–H groups in total. The highest BCUT2D eigenvalue weighted by Gasteiger charge is 2.27. The Labute approximate surface area is 354 Å². The number of allylic oxidation sites excluding steroid dienone is 8. The summed E-state index contributed by atoms with van der Waals surface area (Å²) in [5.74, 6) is -1.78. The number of unbranched alkanes of at least 4 members (excludes halogenated alkanes) is 22. The fourth-order valence-corrected chi connectivity index (χ4v) is 7.08. The van der Waals surface area contributed by atoms with Crippen molar-refractivity contribution in [2.45, 2.75) is 212 Å².